The molecule has 0 saturated carbocycles. The number of alkyl halides is 3. The second kappa shape index (κ2) is 6.58. The maximum Gasteiger partial charge on any atom is 0.433 e. The van der Waals surface area contributed by atoms with Crippen molar-refractivity contribution in [1.82, 2.24) is 15.1 Å². The van der Waals surface area contributed by atoms with Gasteiger partial charge in [-0.2, -0.15) is 18.3 Å². The Kier molecular flexibility index (Phi) is 4.91. The van der Waals surface area contributed by atoms with Crippen LogP contribution in [0.1, 0.15) is 41.5 Å². The van der Waals surface area contributed by atoms with Crippen molar-refractivity contribution in [3.63, 3.8) is 0 Å². The van der Waals surface area contributed by atoms with Crippen molar-refractivity contribution in [1.29, 1.82) is 0 Å². The zero-order valence-corrected chi connectivity index (χ0v) is 12.8. The largest absolute Gasteiger partial charge is 0.433 e. The van der Waals surface area contributed by atoms with E-state index in [0.29, 0.717) is 10.7 Å². The fourth-order valence-electron chi connectivity index (χ4n) is 2.30. The van der Waals surface area contributed by atoms with E-state index in [0.717, 1.165) is 18.3 Å². The van der Waals surface area contributed by atoms with Crippen LogP contribution in [0.4, 0.5) is 22.0 Å². The third-order valence-electron chi connectivity index (χ3n) is 3.43. The molecular weight excluding hydrogens is 333 g/mol. The molecule has 24 heavy (non-hydrogen) atoms. The smallest absolute Gasteiger partial charge is 0.345 e. The second-order valence-corrected chi connectivity index (χ2v) is 5.08. The van der Waals surface area contributed by atoms with Crippen LogP contribution in [0, 0.1) is 11.6 Å². The van der Waals surface area contributed by atoms with Gasteiger partial charge in [0.2, 0.25) is 0 Å². The molecule has 4 nitrogen and oxygen atoms in total. The highest BCUT2D eigenvalue weighted by Crippen LogP contribution is 2.32. The molecule has 2 aromatic rings. The van der Waals surface area contributed by atoms with Crippen molar-refractivity contribution in [2.24, 2.45) is 0 Å². The fraction of sp³-hybridized carbons (Fsp3) is 0.333. The van der Waals surface area contributed by atoms with E-state index < -0.39 is 41.0 Å². The molecule has 2 rings (SSSR count). The summed E-state index contributed by atoms with van der Waals surface area (Å²) >= 11 is 0. The van der Waals surface area contributed by atoms with E-state index >= 15 is 0 Å². The van der Waals surface area contributed by atoms with Gasteiger partial charge in [0.15, 0.2) is 5.69 Å². The molecule has 0 fully saturated rings. The van der Waals surface area contributed by atoms with Crippen LogP contribution in [-0.2, 0) is 12.7 Å². The van der Waals surface area contributed by atoms with Crippen LogP contribution in [0.2, 0.25) is 0 Å². The van der Waals surface area contributed by atoms with E-state index in [1.807, 2.05) is 0 Å². The number of hydrogen-bond donors (Lipinski definition) is 1. The topological polar surface area (TPSA) is 46.9 Å². The lowest BCUT2D eigenvalue weighted by molar-refractivity contribution is -0.144. The van der Waals surface area contributed by atoms with E-state index in [1.165, 1.54) is 13.8 Å². The van der Waals surface area contributed by atoms with Crippen LogP contribution in [-0.4, -0.2) is 15.7 Å². The summed E-state index contributed by atoms with van der Waals surface area (Å²) in [4.78, 5) is 12.1. The number of rotatable bonds is 4. The van der Waals surface area contributed by atoms with Gasteiger partial charge in [0.1, 0.15) is 11.6 Å². The number of aromatic nitrogens is 2. The Bertz CT molecular complexity index is 754. The summed E-state index contributed by atoms with van der Waals surface area (Å²) in [6.45, 7) is 2.77. The van der Waals surface area contributed by atoms with Crippen LogP contribution >= 0.6 is 0 Å². The van der Waals surface area contributed by atoms with Gasteiger partial charge in [-0.05, 0) is 19.9 Å². The van der Waals surface area contributed by atoms with Gasteiger partial charge in [0.05, 0.1) is 17.8 Å². The van der Waals surface area contributed by atoms with E-state index in [4.69, 9.17) is 0 Å². The van der Waals surface area contributed by atoms with Crippen LogP contribution in [0.3, 0.4) is 0 Å². The number of carbonyl (C=O) groups is 1. The normalized spacial score (nSPS) is 13.0. The van der Waals surface area contributed by atoms with Gasteiger partial charge in [-0.1, -0.05) is 6.07 Å². The lowest BCUT2D eigenvalue weighted by atomic mass is 10.1. The number of nitrogens with one attached hydrogen (secondary N) is 1. The van der Waals surface area contributed by atoms with Crippen LogP contribution in [0.25, 0.3) is 0 Å². The predicted octanol–water partition coefficient (Wildman–Crippen LogP) is 3.69. The highest BCUT2D eigenvalue weighted by atomic mass is 19.4. The molecular formula is C15H14F5N3O. The van der Waals surface area contributed by atoms with Crippen LogP contribution in [0.15, 0.2) is 24.4 Å². The molecule has 1 atom stereocenters. The highest BCUT2D eigenvalue weighted by molar-refractivity contribution is 5.95. The molecule has 0 aliphatic heterocycles. The van der Waals surface area contributed by atoms with Gasteiger partial charge in [-0.25, -0.2) is 8.78 Å². The Labute approximate surface area is 134 Å². The minimum absolute atomic E-state index is 0.0406. The number of amides is 1. The minimum atomic E-state index is -4.76. The number of nitrogens with zero attached hydrogens (tertiary/aromatic N) is 2. The Morgan fingerprint density at radius 1 is 1.33 bits per heavy atom. The lowest BCUT2D eigenvalue weighted by Crippen LogP contribution is -2.29. The van der Waals surface area contributed by atoms with E-state index in [1.54, 1.807) is 0 Å². The van der Waals surface area contributed by atoms with Crippen molar-refractivity contribution >= 4 is 5.91 Å². The predicted molar refractivity (Wildman–Crippen MR) is 75.1 cm³/mol. The minimum Gasteiger partial charge on any atom is -0.345 e. The summed E-state index contributed by atoms with van der Waals surface area (Å²) in [5.74, 6) is -2.74. The molecule has 0 radical (unpaired) electrons. The third kappa shape index (κ3) is 3.55. The Morgan fingerprint density at radius 3 is 2.54 bits per heavy atom. The second-order valence-electron chi connectivity index (χ2n) is 5.08. The summed E-state index contributed by atoms with van der Waals surface area (Å²) in [5.41, 5.74) is -1.87. The average Bonchev–Trinajstić information content (AvgIpc) is 2.91. The molecule has 0 spiro atoms. The molecule has 0 unspecified atom stereocenters. The average molecular weight is 347 g/mol. The summed E-state index contributed by atoms with van der Waals surface area (Å²) in [6, 6.07) is 1.80. The molecule has 0 aliphatic rings. The fourth-order valence-corrected chi connectivity index (χ4v) is 2.30. The Balaban J connectivity index is 2.29. The van der Waals surface area contributed by atoms with Gasteiger partial charge in [-0.3, -0.25) is 9.48 Å². The summed E-state index contributed by atoms with van der Waals surface area (Å²) in [6.07, 6.45) is -3.95. The molecule has 130 valence electrons. The van der Waals surface area contributed by atoms with Gasteiger partial charge in [0, 0.05) is 18.2 Å². The van der Waals surface area contributed by atoms with Gasteiger partial charge < -0.3 is 5.32 Å². The van der Waals surface area contributed by atoms with Crippen molar-refractivity contribution in [2.45, 2.75) is 32.6 Å². The first kappa shape index (κ1) is 17.9. The van der Waals surface area contributed by atoms with E-state index in [9.17, 15) is 26.7 Å². The third-order valence-corrected chi connectivity index (χ3v) is 3.43. The van der Waals surface area contributed by atoms with E-state index in [2.05, 4.69) is 10.4 Å². The van der Waals surface area contributed by atoms with Crippen LogP contribution in [0.5, 0.6) is 0 Å². The number of hydrogen-bond acceptors (Lipinski definition) is 2. The maximum absolute atomic E-state index is 13.7. The zero-order valence-electron chi connectivity index (χ0n) is 12.8. The Morgan fingerprint density at radius 2 is 2.00 bits per heavy atom. The number of aryl methyl sites for hydroxylation is 1. The van der Waals surface area contributed by atoms with Crippen molar-refractivity contribution in [3.05, 3.63) is 52.9 Å². The standard InChI is InChI=1S/C15H14F5N3O/c1-3-23-13(15(18,19)20)11(7-21-23)14(24)22-8(2)10-5-4-9(16)6-12(10)17/h4-8H,3H2,1-2H3,(H,22,24)/t8-/m0/s1. The van der Waals surface area contributed by atoms with Gasteiger partial charge in [0.25, 0.3) is 5.91 Å². The summed E-state index contributed by atoms with van der Waals surface area (Å²) in [5, 5.41) is 5.81. The van der Waals surface area contributed by atoms with E-state index in [-0.39, 0.29) is 12.1 Å². The highest BCUT2D eigenvalue weighted by Gasteiger charge is 2.40. The summed E-state index contributed by atoms with van der Waals surface area (Å²) < 4.78 is 66.6. The maximum atomic E-state index is 13.7. The van der Waals surface area contributed by atoms with Crippen molar-refractivity contribution in [3.8, 4) is 0 Å². The van der Waals surface area contributed by atoms with Crippen molar-refractivity contribution in [2.75, 3.05) is 0 Å². The quantitative estimate of drug-likeness (QED) is 0.858. The summed E-state index contributed by atoms with van der Waals surface area (Å²) in [7, 11) is 0. The van der Waals surface area contributed by atoms with Gasteiger partial charge in [-0.15, -0.1) is 0 Å². The lowest BCUT2D eigenvalue weighted by Gasteiger charge is -2.16. The van der Waals surface area contributed by atoms with Gasteiger partial charge >= 0.3 is 6.18 Å². The molecule has 0 aliphatic carbocycles. The number of benzene rings is 1. The first-order chi connectivity index (χ1) is 11.1. The zero-order chi connectivity index (χ0) is 18.1. The molecule has 9 heteroatoms. The molecule has 1 N–H and O–H groups in total. The SMILES string of the molecule is CCn1ncc(C(=O)N[C@@H](C)c2ccc(F)cc2F)c1C(F)(F)F. The molecule has 0 bridgehead atoms. The molecule has 0 saturated heterocycles. The van der Waals surface area contributed by atoms with Crippen LogP contribution < -0.4 is 5.32 Å². The first-order valence-corrected chi connectivity index (χ1v) is 7.04. The first-order valence-electron chi connectivity index (χ1n) is 7.04. The number of carbonyl (C=O) groups excluding carboxylic acids is 1. The molecule has 1 amide bonds. The Hall–Kier alpha value is -2.45. The van der Waals surface area contributed by atoms with Crippen molar-refractivity contribution < 1.29 is 26.7 Å². The molecule has 1 heterocycles. The molecule has 1 aromatic heterocycles. The monoisotopic (exact) mass is 347 g/mol. The number of halogens is 5. The molecule has 1 aromatic carbocycles.